The Morgan fingerprint density at radius 3 is 1.59 bits per heavy atom. The summed E-state index contributed by atoms with van der Waals surface area (Å²) in [5, 5.41) is 0.527. The molecule has 168 valence electrons. The van der Waals surface area contributed by atoms with Crippen molar-refractivity contribution in [2.45, 2.75) is 51.4 Å². The molecule has 3 heteroatoms. The van der Waals surface area contributed by atoms with Crippen molar-refractivity contribution < 1.29 is 4.79 Å². The van der Waals surface area contributed by atoms with E-state index < -0.39 is 5.31 Å². The Balaban J connectivity index is 1.70. The maximum atomic E-state index is 13.6. The Bertz CT molecular complexity index is 898. The number of benzene rings is 3. The van der Waals surface area contributed by atoms with E-state index in [4.69, 9.17) is 0 Å². The zero-order valence-electron chi connectivity index (χ0n) is 18.8. The molecule has 0 N–H and O–H groups in total. The van der Waals surface area contributed by atoms with Crippen LogP contribution >= 0.6 is 20.8 Å². The molecule has 0 spiro atoms. The van der Waals surface area contributed by atoms with Crippen LogP contribution in [-0.4, -0.2) is 11.9 Å². The van der Waals surface area contributed by atoms with Gasteiger partial charge in [-0.25, -0.2) is 0 Å². The van der Waals surface area contributed by atoms with Gasteiger partial charge in [-0.05, 0) is 0 Å². The molecule has 0 heterocycles. The minimum absolute atomic E-state index is 0.368. The third kappa shape index (κ3) is 4.78. The summed E-state index contributed by atoms with van der Waals surface area (Å²) in [7, 11) is 0. The summed E-state index contributed by atoms with van der Waals surface area (Å²) < 4.78 is 0. The van der Waals surface area contributed by atoms with Crippen LogP contribution in [0, 0.1) is 5.92 Å². The van der Waals surface area contributed by atoms with Gasteiger partial charge in [0.25, 0.3) is 0 Å². The van der Waals surface area contributed by atoms with Gasteiger partial charge in [0.1, 0.15) is 0 Å². The van der Waals surface area contributed by atoms with Gasteiger partial charge in [0.15, 0.2) is 0 Å². The number of halogens is 1. The van der Waals surface area contributed by atoms with Gasteiger partial charge in [-0.15, -0.1) is 0 Å². The van der Waals surface area contributed by atoms with E-state index >= 15 is 0 Å². The molecular weight excluding hydrogens is 475 g/mol. The van der Waals surface area contributed by atoms with Crippen LogP contribution in [0.3, 0.4) is 0 Å². The van der Waals surface area contributed by atoms with Crippen molar-refractivity contribution in [1.82, 2.24) is 0 Å². The molecule has 1 saturated carbocycles. The maximum absolute atomic E-state index is 13.6. The third-order valence-electron chi connectivity index (χ3n) is 7.15. The van der Waals surface area contributed by atoms with Crippen molar-refractivity contribution in [2.24, 2.45) is 5.92 Å². The van der Waals surface area contributed by atoms with Gasteiger partial charge < -0.3 is 0 Å². The van der Waals surface area contributed by atoms with Gasteiger partial charge in [0, 0.05) is 0 Å². The van der Waals surface area contributed by atoms with Crippen molar-refractivity contribution in [3.8, 4) is 0 Å². The Hall–Kier alpha value is -1.76. The Morgan fingerprint density at radius 1 is 0.719 bits per heavy atom. The van der Waals surface area contributed by atoms with Gasteiger partial charge in [0.2, 0.25) is 0 Å². The molecule has 1 fully saturated rings. The third-order valence-corrected chi connectivity index (χ3v) is 16.7. The van der Waals surface area contributed by atoms with E-state index in [0.29, 0.717) is 18.4 Å². The monoisotopic (exact) mass is 508 g/mol. The van der Waals surface area contributed by atoms with Crippen LogP contribution in [0.4, 0.5) is 0 Å². The van der Waals surface area contributed by atoms with E-state index in [1.807, 2.05) is 0 Å². The first kappa shape index (κ1) is 23.4. The van der Waals surface area contributed by atoms with Crippen LogP contribution in [-0.2, 0) is 4.79 Å². The second-order valence-corrected chi connectivity index (χ2v) is 18.2. The molecule has 3 aromatic rings. The summed E-state index contributed by atoms with van der Waals surface area (Å²) in [6.45, 7) is 0. The standard InChI is InChI=1S/C29H34BrOP/c30-32(27-18-7-2-8-19-27,28-20-9-3-10-21-28,29-22-11-4-12-23-29)24-26(31)17-13-16-25-14-5-1-6-15-25/h2-4,7-12,18-23,25H,1,5-6,13-17,24H2. The van der Waals surface area contributed by atoms with E-state index in [0.717, 1.165) is 12.3 Å². The Morgan fingerprint density at radius 2 is 1.16 bits per heavy atom. The van der Waals surface area contributed by atoms with E-state index in [-0.39, 0.29) is 0 Å². The quantitative estimate of drug-likeness (QED) is 0.280. The van der Waals surface area contributed by atoms with Gasteiger partial charge >= 0.3 is 202 Å². The summed E-state index contributed by atoms with van der Waals surface area (Å²) in [5.74, 6) is 1.19. The van der Waals surface area contributed by atoms with E-state index in [9.17, 15) is 4.79 Å². The molecule has 0 amide bonds. The number of hydrogen-bond acceptors (Lipinski definition) is 1. The van der Waals surface area contributed by atoms with Crippen molar-refractivity contribution >= 4 is 42.5 Å². The first-order valence-corrected chi connectivity index (χ1v) is 16.5. The molecule has 0 atom stereocenters. The molecule has 3 aromatic carbocycles. The normalized spacial score (nSPS) is 16.2. The van der Waals surface area contributed by atoms with Crippen molar-refractivity contribution in [3.63, 3.8) is 0 Å². The van der Waals surface area contributed by atoms with Crippen LogP contribution in [0.25, 0.3) is 0 Å². The van der Waals surface area contributed by atoms with Crippen molar-refractivity contribution in [3.05, 3.63) is 91.0 Å². The zero-order valence-corrected chi connectivity index (χ0v) is 21.3. The Kier molecular flexibility index (Phi) is 7.64. The van der Waals surface area contributed by atoms with Crippen LogP contribution in [0.1, 0.15) is 51.4 Å². The number of ketones is 1. The molecule has 0 bridgehead atoms. The molecule has 1 nitrogen and oxygen atoms in total. The molecule has 1 aliphatic rings. The van der Waals surface area contributed by atoms with E-state index in [1.165, 1.54) is 54.4 Å². The number of hydrogen-bond donors (Lipinski definition) is 0. The topological polar surface area (TPSA) is 17.1 Å². The molecule has 0 saturated heterocycles. The molecular formula is C29H34BrOP. The second kappa shape index (κ2) is 10.4. The number of carbonyl (C=O) groups is 1. The fraction of sp³-hybridized carbons (Fsp3) is 0.345. The predicted octanol–water partition coefficient (Wildman–Crippen LogP) is 7.15. The van der Waals surface area contributed by atoms with Crippen molar-refractivity contribution in [1.29, 1.82) is 0 Å². The van der Waals surface area contributed by atoms with Crippen LogP contribution in [0.5, 0.6) is 0 Å². The fourth-order valence-corrected chi connectivity index (χ4v) is 13.0. The van der Waals surface area contributed by atoms with E-state index in [2.05, 4.69) is 106 Å². The summed E-state index contributed by atoms with van der Waals surface area (Å²) >= 11 is 4.40. The number of carbonyl (C=O) groups excluding carboxylic acids is 1. The summed E-state index contributed by atoms with van der Waals surface area (Å²) in [6, 6.07) is 31.9. The van der Waals surface area contributed by atoms with Crippen LogP contribution in [0.2, 0.25) is 0 Å². The first-order valence-electron chi connectivity index (χ1n) is 12.0. The van der Waals surface area contributed by atoms with Gasteiger partial charge in [0.05, 0.1) is 0 Å². The summed E-state index contributed by atoms with van der Waals surface area (Å²) in [5.41, 5.74) is 0. The minimum atomic E-state index is -3.13. The van der Waals surface area contributed by atoms with Crippen LogP contribution in [0.15, 0.2) is 91.0 Å². The van der Waals surface area contributed by atoms with Crippen LogP contribution < -0.4 is 15.9 Å². The molecule has 1 aliphatic carbocycles. The number of rotatable bonds is 9. The summed E-state index contributed by atoms with van der Waals surface area (Å²) in [4.78, 5) is 13.6. The van der Waals surface area contributed by atoms with Gasteiger partial charge in [-0.3, -0.25) is 0 Å². The van der Waals surface area contributed by atoms with Gasteiger partial charge in [-0.2, -0.15) is 0 Å². The fourth-order valence-electron chi connectivity index (χ4n) is 5.41. The summed E-state index contributed by atoms with van der Waals surface area (Å²) in [6.07, 6.45) is 10.2. The average Bonchev–Trinajstić information content (AvgIpc) is 2.86. The second-order valence-electron chi connectivity index (χ2n) is 9.28. The average molecular weight is 509 g/mol. The van der Waals surface area contributed by atoms with Gasteiger partial charge in [-0.1, -0.05) is 0 Å². The molecule has 0 radical (unpaired) electrons. The van der Waals surface area contributed by atoms with E-state index in [1.54, 1.807) is 0 Å². The first-order chi connectivity index (χ1) is 15.6. The number of Topliss-reactive ketones (excluding diaryl/α,β-unsaturated/α-hetero) is 1. The predicted molar refractivity (Wildman–Crippen MR) is 144 cm³/mol. The zero-order chi connectivity index (χ0) is 22.3. The SMILES string of the molecule is O=C(CCCC1CCCCC1)CP(Br)(c1ccccc1)(c1ccccc1)c1ccccc1. The molecule has 0 unspecified atom stereocenters. The Labute approximate surface area is 201 Å². The molecule has 4 rings (SSSR count). The molecule has 32 heavy (non-hydrogen) atoms. The van der Waals surface area contributed by atoms with Crippen molar-refractivity contribution in [2.75, 3.05) is 6.16 Å². The molecule has 0 aromatic heterocycles. The molecule has 0 aliphatic heterocycles.